The molecular formula is C10H16O3. The Bertz CT molecular complexity index is 192. The first-order chi connectivity index (χ1) is 6.20. The molecule has 13 heavy (non-hydrogen) atoms. The van der Waals surface area contributed by atoms with Gasteiger partial charge in [-0.2, -0.15) is 0 Å². The Labute approximate surface area is 78.5 Å². The van der Waals surface area contributed by atoms with E-state index in [1.54, 1.807) is 0 Å². The summed E-state index contributed by atoms with van der Waals surface area (Å²) in [6.07, 6.45) is 4.79. The third-order valence-electron chi connectivity index (χ3n) is 2.46. The highest BCUT2D eigenvalue weighted by Gasteiger charge is 2.21. The first-order valence-corrected chi connectivity index (χ1v) is 4.86. The maximum atomic E-state index is 11.4. The average Bonchev–Trinajstić information content (AvgIpc) is 2.55. The van der Waals surface area contributed by atoms with Crippen LogP contribution in [0.2, 0.25) is 0 Å². The molecule has 0 unspecified atom stereocenters. The molecule has 1 saturated carbocycles. The molecule has 0 heterocycles. The Morgan fingerprint density at radius 3 is 2.46 bits per heavy atom. The standard InChI is InChI=1S/C10H16O3/c1-8(11)13-7-6-10(12)9-4-2-3-5-9/h9H,2-7H2,1H3. The zero-order chi connectivity index (χ0) is 9.68. The summed E-state index contributed by atoms with van der Waals surface area (Å²) in [5.41, 5.74) is 0. The van der Waals surface area contributed by atoms with E-state index >= 15 is 0 Å². The van der Waals surface area contributed by atoms with Crippen molar-refractivity contribution in [2.24, 2.45) is 5.92 Å². The molecule has 0 saturated heterocycles. The lowest BCUT2D eigenvalue weighted by atomic mass is 10.0. The van der Waals surface area contributed by atoms with E-state index in [-0.39, 0.29) is 24.3 Å². The Morgan fingerprint density at radius 2 is 1.92 bits per heavy atom. The van der Waals surface area contributed by atoms with E-state index in [0.717, 1.165) is 12.8 Å². The highest BCUT2D eigenvalue weighted by molar-refractivity contribution is 5.81. The first-order valence-electron chi connectivity index (χ1n) is 4.86. The van der Waals surface area contributed by atoms with Crippen LogP contribution in [0.15, 0.2) is 0 Å². The van der Waals surface area contributed by atoms with Gasteiger partial charge in [-0.15, -0.1) is 0 Å². The van der Waals surface area contributed by atoms with Gasteiger partial charge in [0.15, 0.2) is 0 Å². The second-order valence-electron chi connectivity index (χ2n) is 3.54. The van der Waals surface area contributed by atoms with Gasteiger partial charge in [0, 0.05) is 19.3 Å². The molecule has 0 amide bonds. The maximum absolute atomic E-state index is 11.4. The van der Waals surface area contributed by atoms with Crippen molar-refractivity contribution < 1.29 is 14.3 Å². The lowest BCUT2D eigenvalue weighted by molar-refractivity contribution is -0.141. The van der Waals surface area contributed by atoms with Crippen LogP contribution in [0, 0.1) is 5.92 Å². The van der Waals surface area contributed by atoms with E-state index in [2.05, 4.69) is 0 Å². The summed E-state index contributed by atoms with van der Waals surface area (Å²) in [5, 5.41) is 0. The molecule has 1 aliphatic rings. The molecule has 0 atom stereocenters. The Hall–Kier alpha value is -0.860. The van der Waals surface area contributed by atoms with Crippen LogP contribution in [-0.4, -0.2) is 18.4 Å². The molecule has 0 spiro atoms. The maximum Gasteiger partial charge on any atom is 0.302 e. The Balaban J connectivity index is 2.13. The van der Waals surface area contributed by atoms with E-state index in [0.29, 0.717) is 6.42 Å². The topological polar surface area (TPSA) is 43.4 Å². The second-order valence-corrected chi connectivity index (χ2v) is 3.54. The van der Waals surface area contributed by atoms with Gasteiger partial charge in [-0.05, 0) is 12.8 Å². The molecule has 74 valence electrons. The number of esters is 1. The molecule has 0 aliphatic heterocycles. The summed E-state index contributed by atoms with van der Waals surface area (Å²) in [5.74, 6) is 0.202. The van der Waals surface area contributed by atoms with Gasteiger partial charge in [-0.25, -0.2) is 0 Å². The smallest absolute Gasteiger partial charge is 0.302 e. The largest absolute Gasteiger partial charge is 0.465 e. The van der Waals surface area contributed by atoms with E-state index in [1.807, 2.05) is 0 Å². The van der Waals surface area contributed by atoms with Gasteiger partial charge >= 0.3 is 5.97 Å². The van der Waals surface area contributed by atoms with Gasteiger partial charge in [0.2, 0.25) is 0 Å². The molecular weight excluding hydrogens is 168 g/mol. The number of Topliss-reactive ketones (excluding diaryl/α,β-unsaturated/α-hetero) is 1. The van der Waals surface area contributed by atoms with E-state index in [1.165, 1.54) is 19.8 Å². The minimum absolute atomic E-state index is 0.246. The third-order valence-corrected chi connectivity index (χ3v) is 2.46. The van der Waals surface area contributed by atoms with Crippen LogP contribution in [0.4, 0.5) is 0 Å². The summed E-state index contributed by atoms with van der Waals surface area (Å²) >= 11 is 0. The minimum Gasteiger partial charge on any atom is -0.465 e. The zero-order valence-corrected chi connectivity index (χ0v) is 8.04. The highest BCUT2D eigenvalue weighted by atomic mass is 16.5. The number of ketones is 1. The van der Waals surface area contributed by atoms with Crippen molar-refractivity contribution in [3.05, 3.63) is 0 Å². The summed E-state index contributed by atoms with van der Waals surface area (Å²) in [7, 11) is 0. The van der Waals surface area contributed by atoms with Gasteiger partial charge in [-0.1, -0.05) is 12.8 Å². The monoisotopic (exact) mass is 184 g/mol. The fourth-order valence-electron chi connectivity index (χ4n) is 1.75. The second kappa shape index (κ2) is 5.00. The molecule has 1 rings (SSSR count). The van der Waals surface area contributed by atoms with Gasteiger partial charge in [0.1, 0.15) is 5.78 Å². The van der Waals surface area contributed by atoms with E-state index in [4.69, 9.17) is 4.74 Å². The van der Waals surface area contributed by atoms with Crippen LogP contribution in [0.25, 0.3) is 0 Å². The molecule has 0 radical (unpaired) electrons. The average molecular weight is 184 g/mol. The number of ether oxygens (including phenoxy) is 1. The SMILES string of the molecule is CC(=O)OCCC(=O)C1CCCC1. The molecule has 0 bridgehead atoms. The fraction of sp³-hybridized carbons (Fsp3) is 0.800. The zero-order valence-electron chi connectivity index (χ0n) is 8.04. The molecule has 0 aromatic carbocycles. The Morgan fingerprint density at radius 1 is 1.31 bits per heavy atom. The number of carbonyl (C=O) groups excluding carboxylic acids is 2. The summed E-state index contributed by atoms with van der Waals surface area (Å²) in [6, 6.07) is 0. The molecule has 1 aliphatic carbocycles. The summed E-state index contributed by atoms with van der Waals surface area (Å²) in [6.45, 7) is 1.62. The van der Waals surface area contributed by atoms with Gasteiger partial charge < -0.3 is 4.74 Å². The third kappa shape index (κ3) is 3.57. The van der Waals surface area contributed by atoms with Crippen molar-refractivity contribution in [1.82, 2.24) is 0 Å². The molecule has 3 nitrogen and oxygen atoms in total. The number of hydrogen-bond donors (Lipinski definition) is 0. The number of hydrogen-bond acceptors (Lipinski definition) is 3. The highest BCUT2D eigenvalue weighted by Crippen LogP contribution is 2.26. The Kier molecular flexibility index (Phi) is 3.93. The van der Waals surface area contributed by atoms with Crippen LogP contribution >= 0.6 is 0 Å². The van der Waals surface area contributed by atoms with Crippen molar-refractivity contribution in [3.8, 4) is 0 Å². The van der Waals surface area contributed by atoms with Crippen molar-refractivity contribution in [3.63, 3.8) is 0 Å². The van der Waals surface area contributed by atoms with Crippen molar-refractivity contribution in [1.29, 1.82) is 0 Å². The number of rotatable bonds is 4. The predicted molar refractivity (Wildman–Crippen MR) is 48.2 cm³/mol. The van der Waals surface area contributed by atoms with Crippen LogP contribution in [-0.2, 0) is 14.3 Å². The van der Waals surface area contributed by atoms with Gasteiger partial charge in [0.05, 0.1) is 6.61 Å². The number of carbonyl (C=O) groups is 2. The minimum atomic E-state index is -0.306. The molecule has 0 N–H and O–H groups in total. The van der Waals surface area contributed by atoms with Gasteiger partial charge in [-0.3, -0.25) is 9.59 Å². The molecule has 0 aromatic rings. The summed E-state index contributed by atoms with van der Waals surface area (Å²) < 4.78 is 4.71. The lowest BCUT2D eigenvalue weighted by Crippen LogP contribution is -2.14. The fourth-order valence-corrected chi connectivity index (χ4v) is 1.75. The van der Waals surface area contributed by atoms with Crippen LogP contribution in [0.1, 0.15) is 39.0 Å². The van der Waals surface area contributed by atoms with Crippen molar-refractivity contribution in [2.75, 3.05) is 6.61 Å². The van der Waals surface area contributed by atoms with Gasteiger partial charge in [0.25, 0.3) is 0 Å². The predicted octanol–water partition coefficient (Wildman–Crippen LogP) is 1.70. The van der Waals surface area contributed by atoms with E-state index < -0.39 is 0 Å². The van der Waals surface area contributed by atoms with E-state index in [9.17, 15) is 9.59 Å². The van der Waals surface area contributed by atoms with Crippen molar-refractivity contribution in [2.45, 2.75) is 39.0 Å². The lowest BCUT2D eigenvalue weighted by Gasteiger charge is -2.06. The van der Waals surface area contributed by atoms with Crippen LogP contribution < -0.4 is 0 Å². The molecule has 0 aromatic heterocycles. The quantitative estimate of drug-likeness (QED) is 0.624. The molecule has 3 heteroatoms. The first kappa shape index (κ1) is 10.2. The normalized spacial score (nSPS) is 17.3. The molecule has 1 fully saturated rings. The van der Waals surface area contributed by atoms with Crippen LogP contribution in [0.5, 0.6) is 0 Å². The van der Waals surface area contributed by atoms with Crippen LogP contribution in [0.3, 0.4) is 0 Å². The van der Waals surface area contributed by atoms with Crippen molar-refractivity contribution >= 4 is 11.8 Å². The summed E-state index contributed by atoms with van der Waals surface area (Å²) in [4.78, 5) is 21.8.